The molecule has 7 heavy (non-hydrogen) atoms. The third-order valence-electron chi connectivity index (χ3n) is 0.589. The van der Waals surface area contributed by atoms with Crippen LogP contribution in [-0.2, 0) is 0 Å². The average molecular weight is 98.1 g/mol. The summed E-state index contributed by atoms with van der Waals surface area (Å²) < 4.78 is 8.95. The number of methoxy groups -OCH3 is 1. The fourth-order valence-electron chi connectivity index (χ4n) is 0.266. The van der Waals surface area contributed by atoms with E-state index in [4.69, 9.17) is 0 Å². The van der Waals surface area contributed by atoms with Crippen molar-refractivity contribution in [1.29, 1.82) is 0 Å². The van der Waals surface area contributed by atoms with Crippen molar-refractivity contribution in [1.82, 2.24) is 5.16 Å². The lowest BCUT2D eigenvalue weighted by molar-refractivity contribution is 0.385. The number of hydrogen-bond acceptors (Lipinski definition) is 3. The van der Waals surface area contributed by atoms with E-state index in [9.17, 15) is 0 Å². The normalized spacial score (nSPS) is 8.71. The summed E-state index contributed by atoms with van der Waals surface area (Å²) in [5, 5.41) is 3.34. The van der Waals surface area contributed by atoms with Crippen molar-refractivity contribution in [3.63, 3.8) is 0 Å². The van der Waals surface area contributed by atoms with E-state index in [2.05, 4.69) is 20.7 Å². The van der Waals surface area contributed by atoms with Gasteiger partial charge >= 0.3 is 0 Å². The molecule has 0 aliphatic carbocycles. The molecule has 0 unspecified atom stereocenters. The van der Waals surface area contributed by atoms with Crippen LogP contribution in [0.25, 0.3) is 0 Å². The van der Waals surface area contributed by atoms with Crippen molar-refractivity contribution in [3.8, 4) is 5.75 Å². The standard InChI is InChI=1S/C4H4NO2/c1-6-4-2-5-7-3-4/h2H,1H3. The van der Waals surface area contributed by atoms with Gasteiger partial charge in [0, 0.05) is 0 Å². The van der Waals surface area contributed by atoms with Crippen molar-refractivity contribution in [3.05, 3.63) is 12.5 Å². The molecule has 0 N–H and O–H groups in total. The molecule has 0 aromatic carbocycles. The fourth-order valence-corrected chi connectivity index (χ4v) is 0.266. The SMILES string of the molecule is COc1[c]onc1. The van der Waals surface area contributed by atoms with Gasteiger partial charge in [0.15, 0.2) is 5.75 Å². The van der Waals surface area contributed by atoms with Crippen LogP contribution >= 0.6 is 0 Å². The highest BCUT2D eigenvalue weighted by Gasteiger charge is 1.88. The molecule has 0 spiro atoms. The Balaban J connectivity index is 2.76. The fraction of sp³-hybridized carbons (Fsp3) is 0.250. The second-order valence-electron chi connectivity index (χ2n) is 0.996. The van der Waals surface area contributed by atoms with Gasteiger partial charge in [-0.1, -0.05) is 5.16 Å². The molecule has 0 aliphatic heterocycles. The summed E-state index contributed by atoms with van der Waals surface area (Å²) in [6.45, 7) is 0. The molecule has 0 saturated heterocycles. The number of ether oxygens (including phenoxy) is 1. The molecule has 0 bridgehead atoms. The first-order valence-electron chi connectivity index (χ1n) is 1.80. The maximum Gasteiger partial charge on any atom is 0.250 e. The van der Waals surface area contributed by atoms with Crippen molar-refractivity contribution in [2.24, 2.45) is 0 Å². The zero-order chi connectivity index (χ0) is 5.11. The highest BCUT2D eigenvalue weighted by atomic mass is 16.5. The summed E-state index contributed by atoms with van der Waals surface area (Å²) in [5.74, 6) is 0.528. The summed E-state index contributed by atoms with van der Waals surface area (Å²) in [7, 11) is 1.53. The Morgan fingerprint density at radius 1 is 2.00 bits per heavy atom. The lowest BCUT2D eigenvalue weighted by Crippen LogP contribution is -1.75. The van der Waals surface area contributed by atoms with E-state index < -0.39 is 0 Å². The summed E-state index contributed by atoms with van der Waals surface area (Å²) in [6.07, 6.45) is 3.82. The first kappa shape index (κ1) is 4.18. The van der Waals surface area contributed by atoms with Crippen LogP contribution in [0.4, 0.5) is 0 Å². The summed E-state index contributed by atoms with van der Waals surface area (Å²) in [6, 6.07) is 0. The third kappa shape index (κ3) is 0.707. The minimum Gasteiger partial charge on any atom is -0.491 e. The van der Waals surface area contributed by atoms with Gasteiger partial charge in [0.25, 0.3) is 6.26 Å². The number of rotatable bonds is 1. The molecule has 1 radical (unpaired) electrons. The highest BCUT2D eigenvalue weighted by Crippen LogP contribution is 2.02. The molecule has 1 heterocycles. The van der Waals surface area contributed by atoms with Crippen molar-refractivity contribution in [2.45, 2.75) is 0 Å². The van der Waals surface area contributed by atoms with Crippen LogP contribution in [0.15, 0.2) is 10.7 Å². The average Bonchev–Trinajstić information content (AvgIpc) is 2.14. The molecule has 37 valence electrons. The topological polar surface area (TPSA) is 35.3 Å². The van der Waals surface area contributed by atoms with E-state index in [0.717, 1.165) is 0 Å². The molecule has 0 amide bonds. The van der Waals surface area contributed by atoms with Crippen LogP contribution in [0.5, 0.6) is 5.75 Å². The molecule has 3 nitrogen and oxygen atoms in total. The van der Waals surface area contributed by atoms with Gasteiger partial charge in [-0.15, -0.1) is 0 Å². The van der Waals surface area contributed by atoms with E-state index in [1.54, 1.807) is 0 Å². The maximum absolute atomic E-state index is 4.64. The van der Waals surface area contributed by atoms with Gasteiger partial charge in [0.05, 0.1) is 7.11 Å². The van der Waals surface area contributed by atoms with Gasteiger partial charge in [0.2, 0.25) is 0 Å². The van der Waals surface area contributed by atoms with E-state index in [1.807, 2.05) is 0 Å². The second-order valence-corrected chi connectivity index (χ2v) is 0.996. The Morgan fingerprint density at radius 3 is 3.14 bits per heavy atom. The Bertz CT molecular complexity index is 124. The van der Waals surface area contributed by atoms with Crippen LogP contribution in [-0.4, -0.2) is 12.3 Å². The monoisotopic (exact) mass is 98.0 g/mol. The second kappa shape index (κ2) is 1.64. The van der Waals surface area contributed by atoms with E-state index in [-0.39, 0.29) is 0 Å². The van der Waals surface area contributed by atoms with Crippen LogP contribution in [0.3, 0.4) is 0 Å². The summed E-state index contributed by atoms with van der Waals surface area (Å²) in [4.78, 5) is 0. The molecular weight excluding hydrogens is 94.0 g/mol. The van der Waals surface area contributed by atoms with Crippen LogP contribution in [0, 0.1) is 6.26 Å². The minimum absolute atomic E-state index is 0.528. The van der Waals surface area contributed by atoms with Gasteiger partial charge in [-0.05, 0) is 0 Å². The lowest BCUT2D eigenvalue weighted by atomic mass is 10.7. The Kier molecular flexibility index (Phi) is 0.978. The van der Waals surface area contributed by atoms with Crippen LogP contribution < -0.4 is 4.74 Å². The predicted octanol–water partition coefficient (Wildman–Crippen LogP) is 0.483. The molecule has 0 aliphatic rings. The first-order chi connectivity index (χ1) is 3.43. The van der Waals surface area contributed by atoms with Gasteiger partial charge in [0.1, 0.15) is 6.20 Å². The van der Waals surface area contributed by atoms with Crippen molar-refractivity contribution >= 4 is 0 Å². The Hall–Kier alpha value is -0.990. The van der Waals surface area contributed by atoms with E-state index in [0.29, 0.717) is 5.75 Å². The van der Waals surface area contributed by atoms with E-state index in [1.165, 1.54) is 13.3 Å². The van der Waals surface area contributed by atoms with Crippen LogP contribution in [0.1, 0.15) is 0 Å². The first-order valence-corrected chi connectivity index (χ1v) is 1.80. The van der Waals surface area contributed by atoms with Crippen molar-refractivity contribution < 1.29 is 9.26 Å². The maximum atomic E-state index is 4.64. The lowest BCUT2D eigenvalue weighted by Gasteiger charge is -1.82. The molecule has 0 saturated carbocycles. The number of hydrogen-bond donors (Lipinski definition) is 0. The highest BCUT2D eigenvalue weighted by molar-refractivity contribution is 5.05. The van der Waals surface area contributed by atoms with Gasteiger partial charge in [-0.25, -0.2) is 0 Å². The third-order valence-corrected chi connectivity index (χ3v) is 0.589. The zero-order valence-electron chi connectivity index (χ0n) is 3.84. The Labute approximate surface area is 40.9 Å². The van der Waals surface area contributed by atoms with E-state index >= 15 is 0 Å². The molecule has 1 aromatic rings. The smallest absolute Gasteiger partial charge is 0.250 e. The van der Waals surface area contributed by atoms with Gasteiger partial charge in [-0.3, -0.25) is 0 Å². The minimum atomic E-state index is 0.528. The molecular formula is C4H4NO2. The quantitative estimate of drug-likeness (QED) is 0.512. The molecule has 1 aromatic heterocycles. The van der Waals surface area contributed by atoms with Crippen molar-refractivity contribution in [2.75, 3.05) is 7.11 Å². The zero-order valence-corrected chi connectivity index (χ0v) is 3.84. The molecule has 1 rings (SSSR count). The van der Waals surface area contributed by atoms with Gasteiger partial charge in [-0.2, -0.15) is 0 Å². The largest absolute Gasteiger partial charge is 0.491 e. The number of aromatic nitrogens is 1. The molecule has 0 atom stereocenters. The Morgan fingerprint density at radius 2 is 2.86 bits per heavy atom. The number of nitrogens with zero attached hydrogens (tertiary/aromatic N) is 1. The summed E-state index contributed by atoms with van der Waals surface area (Å²) in [5.41, 5.74) is 0. The summed E-state index contributed by atoms with van der Waals surface area (Å²) >= 11 is 0. The molecule has 0 fully saturated rings. The van der Waals surface area contributed by atoms with Crippen LogP contribution in [0.2, 0.25) is 0 Å². The predicted molar refractivity (Wildman–Crippen MR) is 21.9 cm³/mol. The van der Waals surface area contributed by atoms with Gasteiger partial charge < -0.3 is 9.26 Å². The molecule has 3 heteroatoms.